The van der Waals surface area contributed by atoms with Crippen molar-refractivity contribution >= 4 is 16.8 Å². The topological polar surface area (TPSA) is 60.5 Å². The van der Waals surface area contributed by atoms with Crippen LogP contribution in [-0.4, -0.2) is 24.6 Å². The molecule has 1 N–H and O–H groups in total. The molecule has 26 heavy (non-hydrogen) atoms. The summed E-state index contributed by atoms with van der Waals surface area (Å²) in [6.45, 7) is -2.74. The summed E-state index contributed by atoms with van der Waals surface area (Å²) in [6, 6.07) is 15.5. The van der Waals surface area contributed by atoms with Crippen molar-refractivity contribution < 1.29 is 23.0 Å². The van der Waals surface area contributed by atoms with E-state index in [0.29, 0.717) is 11.3 Å². The predicted octanol–water partition coefficient (Wildman–Crippen LogP) is 3.77. The molecule has 7 heteroatoms. The number of aromatic nitrogens is 1. The Morgan fingerprint density at radius 3 is 2.69 bits per heavy atom. The standard InChI is InChI=1S/C19H16F2N2O3/c1-25-17-10-12(6-9-16(17)26-19(20)21)11-22-18(24)15-8-7-13-4-2-3-5-14(13)23-15/h2-10,19H,11H2,1H3,(H,22,24). The van der Waals surface area contributed by atoms with E-state index in [1.54, 1.807) is 12.1 Å². The summed E-state index contributed by atoms with van der Waals surface area (Å²) in [5.74, 6) is -0.225. The summed E-state index contributed by atoms with van der Waals surface area (Å²) in [4.78, 5) is 16.6. The van der Waals surface area contributed by atoms with E-state index >= 15 is 0 Å². The third kappa shape index (κ3) is 4.05. The number of methoxy groups -OCH3 is 1. The summed E-state index contributed by atoms with van der Waals surface area (Å²) < 4.78 is 34.1. The van der Waals surface area contributed by atoms with Crippen LogP contribution in [0.4, 0.5) is 8.78 Å². The molecule has 0 spiro atoms. The number of hydrogen-bond acceptors (Lipinski definition) is 4. The lowest BCUT2D eigenvalue weighted by atomic mass is 10.2. The summed E-state index contributed by atoms with van der Waals surface area (Å²) in [5.41, 5.74) is 1.71. The van der Waals surface area contributed by atoms with E-state index in [4.69, 9.17) is 4.74 Å². The first kappa shape index (κ1) is 17.6. The first-order chi connectivity index (χ1) is 12.6. The lowest BCUT2D eigenvalue weighted by Crippen LogP contribution is -2.23. The van der Waals surface area contributed by atoms with Crippen molar-refractivity contribution in [1.29, 1.82) is 0 Å². The predicted molar refractivity (Wildman–Crippen MR) is 92.5 cm³/mol. The molecule has 134 valence electrons. The van der Waals surface area contributed by atoms with E-state index in [0.717, 1.165) is 10.9 Å². The van der Waals surface area contributed by atoms with Crippen LogP contribution >= 0.6 is 0 Å². The largest absolute Gasteiger partial charge is 0.493 e. The van der Waals surface area contributed by atoms with Gasteiger partial charge in [0.1, 0.15) is 5.69 Å². The quantitative estimate of drug-likeness (QED) is 0.729. The highest BCUT2D eigenvalue weighted by Gasteiger charge is 2.12. The summed E-state index contributed by atoms with van der Waals surface area (Å²) in [5, 5.41) is 3.69. The molecule has 2 aromatic carbocycles. The number of nitrogens with zero attached hydrogens (tertiary/aromatic N) is 1. The average Bonchev–Trinajstić information content (AvgIpc) is 2.66. The maximum absolute atomic E-state index is 12.3. The smallest absolute Gasteiger partial charge is 0.387 e. The molecular formula is C19H16F2N2O3. The molecule has 0 bridgehead atoms. The first-order valence-corrected chi connectivity index (χ1v) is 7.82. The maximum Gasteiger partial charge on any atom is 0.387 e. The normalized spacial score (nSPS) is 10.8. The number of amides is 1. The molecular weight excluding hydrogens is 342 g/mol. The van der Waals surface area contributed by atoms with Crippen LogP contribution in [0.1, 0.15) is 16.1 Å². The second-order valence-corrected chi connectivity index (χ2v) is 5.44. The number of ether oxygens (including phenoxy) is 2. The zero-order chi connectivity index (χ0) is 18.5. The molecule has 0 radical (unpaired) electrons. The van der Waals surface area contributed by atoms with Crippen molar-refractivity contribution in [3.8, 4) is 11.5 Å². The second kappa shape index (κ2) is 7.77. The monoisotopic (exact) mass is 358 g/mol. The van der Waals surface area contributed by atoms with Gasteiger partial charge in [0, 0.05) is 11.9 Å². The highest BCUT2D eigenvalue weighted by Crippen LogP contribution is 2.29. The molecule has 3 rings (SSSR count). The lowest BCUT2D eigenvalue weighted by Gasteiger charge is -2.12. The van der Waals surface area contributed by atoms with Gasteiger partial charge in [0.15, 0.2) is 11.5 Å². The van der Waals surface area contributed by atoms with Crippen LogP contribution in [0.15, 0.2) is 54.6 Å². The number of carbonyl (C=O) groups is 1. The molecule has 1 amide bonds. The Bertz CT molecular complexity index is 932. The molecule has 1 aromatic heterocycles. The number of nitrogens with one attached hydrogen (secondary N) is 1. The van der Waals surface area contributed by atoms with Gasteiger partial charge in [-0.15, -0.1) is 0 Å². The fraction of sp³-hybridized carbons (Fsp3) is 0.158. The number of hydrogen-bond donors (Lipinski definition) is 1. The number of rotatable bonds is 6. The summed E-state index contributed by atoms with van der Waals surface area (Å²) in [6.07, 6.45) is 0. The van der Waals surface area contributed by atoms with Crippen LogP contribution in [0, 0.1) is 0 Å². The Morgan fingerprint density at radius 1 is 1.12 bits per heavy atom. The van der Waals surface area contributed by atoms with E-state index in [9.17, 15) is 13.6 Å². The summed E-state index contributed by atoms with van der Waals surface area (Å²) >= 11 is 0. The minimum absolute atomic E-state index is 0.0613. The number of alkyl halides is 2. The van der Waals surface area contributed by atoms with Gasteiger partial charge in [-0.2, -0.15) is 8.78 Å². The number of para-hydroxylation sites is 1. The third-order valence-corrected chi connectivity index (χ3v) is 3.73. The second-order valence-electron chi connectivity index (χ2n) is 5.44. The van der Waals surface area contributed by atoms with Crippen molar-refractivity contribution in [2.75, 3.05) is 7.11 Å². The Kier molecular flexibility index (Phi) is 5.26. The molecule has 3 aromatic rings. The average molecular weight is 358 g/mol. The fourth-order valence-corrected chi connectivity index (χ4v) is 2.48. The molecule has 0 fully saturated rings. The Morgan fingerprint density at radius 2 is 1.92 bits per heavy atom. The Labute approximate surface area is 148 Å². The van der Waals surface area contributed by atoms with Gasteiger partial charge in [0.25, 0.3) is 5.91 Å². The van der Waals surface area contributed by atoms with Gasteiger partial charge in [0.05, 0.1) is 12.6 Å². The van der Waals surface area contributed by atoms with Gasteiger partial charge in [-0.25, -0.2) is 4.98 Å². The number of benzene rings is 2. The molecule has 1 heterocycles. The van der Waals surface area contributed by atoms with Crippen LogP contribution in [0.3, 0.4) is 0 Å². The maximum atomic E-state index is 12.3. The van der Waals surface area contributed by atoms with Crippen molar-refractivity contribution in [3.05, 3.63) is 65.9 Å². The molecule has 0 saturated heterocycles. The minimum atomic E-state index is -2.94. The molecule has 5 nitrogen and oxygen atoms in total. The molecule has 0 aliphatic heterocycles. The van der Waals surface area contributed by atoms with E-state index < -0.39 is 6.61 Å². The van der Waals surface area contributed by atoms with Crippen LogP contribution in [-0.2, 0) is 6.54 Å². The molecule has 0 atom stereocenters. The zero-order valence-corrected chi connectivity index (χ0v) is 13.9. The first-order valence-electron chi connectivity index (χ1n) is 7.82. The van der Waals surface area contributed by atoms with E-state index in [1.165, 1.54) is 19.2 Å². The van der Waals surface area contributed by atoms with E-state index in [2.05, 4.69) is 15.0 Å². The molecule has 0 saturated carbocycles. The van der Waals surface area contributed by atoms with E-state index in [1.807, 2.05) is 30.3 Å². The van der Waals surface area contributed by atoms with Crippen LogP contribution < -0.4 is 14.8 Å². The van der Waals surface area contributed by atoms with E-state index in [-0.39, 0.29) is 24.0 Å². The van der Waals surface area contributed by atoms with Gasteiger partial charge in [-0.05, 0) is 29.8 Å². The van der Waals surface area contributed by atoms with Gasteiger partial charge in [-0.1, -0.05) is 30.3 Å². The fourth-order valence-electron chi connectivity index (χ4n) is 2.48. The molecule has 0 unspecified atom stereocenters. The summed E-state index contributed by atoms with van der Waals surface area (Å²) in [7, 11) is 1.36. The Balaban J connectivity index is 1.70. The van der Waals surface area contributed by atoms with Crippen LogP contribution in [0.2, 0.25) is 0 Å². The molecule has 0 aliphatic carbocycles. The van der Waals surface area contributed by atoms with Crippen molar-refractivity contribution in [1.82, 2.24) is 10.3 Å². The zero-order valence-electron chi connectivity index (χ0n) is 13.9. The van der Waals surface area contributed by atoms with Crippen LogP contribution in [0.25, 0.3) is 10.9 Å². The number of halogens is 2. The third-order valence-electron chi connectivity index (χ3n) is 3.73. The van der Waals surface area contributed by atoms with Crippen molar-refractivity contribution in [2.24, 2.45) is 0 Å². The lowest BCUT2D eigenvalue weighted by molar-refractivity contribution is -0.0512. The van der Waals surface area contributed by atoms with Gasteiger partial charge >= 0.3 is 6.61 Å². The van der Waals surface area contributed by atoms with Crippen molar-refractivity contribution in [3.63, 3.8) is 0 Å². The van der Waals surface area contributed by atoms with Gasteiger partial charge < -0.3 is 14.8 Å². The Hall–Kier alpha value is -3.22. The van der Waals surface area contributed by atoms with Gasteiger partial charge in [0.2, 0.25) is 0 Å². The minimum Gasteiger partial charge on any atom is -0.493 e. The molecule has 0 aliphatic rings. The number of pyridine rings is 1. The highest BCUT2D eigenvalue weighted by atomic mass is 19.3. The van der Waals surface area contributed by atoms with Gasteiger partial charge in [-0.3, -0.25) is 4.79 Å². The van der Waals surface area contributed by atoms with Crippen molar-refractivity contribution in [2.45, 2.75) is 13.2 Å². The highest BCUT2D eigenvalue weighted by molar-refractivity contribution is 5.94. The number of carbonyl (C=O) groups excluding carboxylic acids is 1. The number of fused-ring (bicyclic) bond motifs is 1. The van der Waals surface area contributed by atoms with Crippen LogP contribution in [0.5, 0.6) is 11.5 Å². The SMILES string of the molecule is COc1cc(CNC(=O)c2ccc3ccccc3n2)ccc1OC(F)F.